The van der Waals surface area contributed by atoms with E-state index in [1.165, 1.54) is 29.7 Å². The van der Waals surface area contributed by atoms with E-state index in [2.05, 4.69) is 15.5 Å². The maximum Gasteiger partial charge on any atom is 0.311 e. The first kappa shape index (κ1) is 18.0. The Morgan fingerprint density at radius 1 is 1.50 bits per heavy atom. The molecule has 0 amide bonds. The summed E-state index contributed by atoms with van der Waals surface area (Å²) in [6.45, 7) is 2.08. The van der Waals surface area contributed by atoms with E-state index in [-0.39, 0.29) is 29.8 Å². The van der Waals surface area contributed by atoms with E-state index in [0.717, 1.165) is 0 Å². The summed E-state index contributed by atoms with van der Waals surface area (Å²) >= 11 is 7.08. The molecule has 0 atom stereocenters. The Bertz CT molecular complexity index is 748. The van der Waals surface area contributed by atoms with Gasteiger partial charge in [-0.15, -0.1) is 22.9 Å². The number of hydrogen-bond donors (Lipinski definition) is 3. The number of thiazole rings is 1. The summed E-state index contributed by atoms with van der Waals surface area (Å²) in [7, 11) is 0. The van der Waals surface area contributed by atoms with Gasteiger partial charge in [0.15, 0.2) is 0 Å². The van der Waals surface area contributed by atoms with Crippen LogP contribution >= 0.6 is 22.9 Å². The number of aromatic hydroxyl groups is 2. The van der Waals surface area contributed by atoms with E-state index in [1.54, 1.807) is 12.3 Å². The van der Waals surface area contributed by atoms with Crippen LogP contribution in [0.3, 0.4) is 0 Å². The molecule has 3 N–H and O–H groups in total. The first-order chi connectivity index (χ1) is 11.5. The van der Waals surface area contributed by atoms with Gasteiger partial charge in [0, 0.05) is 22.9 Å². The van der Waals surface area contributed by atoms with Crippen molar-refractivity contribution >= 4 is 40.3 Å². The van der Waals surface area contributed by atoms with Crippen molar-refractivity contribution in [3.8, 4) is 11.5 Å². The van der Waals surface area contributed by atoms with Crippen molar-refractivity contribution in [3.63, 3.8) is 0 Å². The molecule has 0 bridgehead atoms. The molecular weight excluding hydrogens is 354 g/mol. The number of benzene rings is 1. The second-order valence-electron chi connectivity index (χ2n) is 4.67. The van der Waals surface area contributed by atoms with Crippen LogP contribution < -0.4 is 5.43 Å². The van der Waals surface area contributed by atoms with Crippen LogP contribution in [0, 0.1) is 0 Å². The van der Waals surface area contributed by atoms with E-state index in [9.17, 15) is 15.0 Å². The largest absolute Gasteiger partial charge is 0.508 e. The Hall–Kier alpha value is -2.32. The molecule has 1 aromatic heterocycles. The van der Waals surface area contributed by atoms with E-state index in [0.29, 0.717) is 28.6 Å². The zero-order valence-corrected chi connectivity index (χ0v) is 14.4. The van der Waals surface area contributed by atoms with Gasteiger partial charge in [-0.25, -0.2) is 4.98 Å². The average Bonchev–Trinajstić information content (AvgIpc) is 2.96. The van der Waals surface area contributed by atoms with Gasteiger partial charge in [-0.2, -0.15) is 5.10 Å². The van der Waals surface area contributed by atoms with Crippen molar-refractivity contribution in [2.75, 3.05) is 12.0 Å². The van der Waals surface area contributed by atoms with E-state index in [4.69, 9.17) is 16.3 Å². The number of esters is 1. The van der Waals surface area contributed by atoms with Crippen molar-refractivity contribution in [3.05, 3.63) is 34.3 Å². The molecule has 0 saturated carbocycles. The van der Waals surface area contributed by atoms with Crippen molar-refractivity contribution < 1.29 is 19.7 Å². The summed E-state index contributed by atoms with van der Waals surface area (Å²) in [6, 6.07) is 2.66. The Balaban J connectivity index is 2.02. The lowest BCUT2D eigenvalue weighted by Gasteiger charge is -2.05. The third kappa shape index (κ3) is 4.84. The molecule has 0 aliphatic heterocycles. The van der Waals surface area contributed by atoms with Crippen LogP contribution in [0.25, 0.3) is 0 Å². The number of halogens is 1. The molecular formula is C15H16ClN3O4S. The predicted molar refractivity (Wildman–Crippen MR) is 93.0 cm³/mol. The van der Waals surface area contributed by atoms with Gasteiger partial charge < -0.3 is 14.9 Å². The fourth-order valence-corrected chi connectivity index (χ4v) is 2.77. The van der Waals surface area contributed by atoms with Crippen molar-refractivity contribution in [1.82, 2.24) is 4.98 Å². The summed E-state index contributed by atoms with van der Waals surface area (Å²) in [6.07, 6.45) is 1.49. The predicted octanol–water partition coefficient (Wildman–Crippen LogP) is 2.84. The SMILES string of the molecule is CCOC(=O)Cc1csc(NN=Cc2c(O)cc(O)cc2CCl)n1. The van der Waals surface area contributed by atoms with Gasteiger partial charge in [0.2, 0.25) is 5.13 Å². The molecule has 0 unspecified atom stereocenters. The van der Waals surface area contributed by atoms with Gasteiger partial charge in [-0.1, -0.05) is 0 Å². The number of carbonyl (C=O) groups excluding carboxylic acids is 1. The number of rotatable bonds is 7. The van der Waals surface area contributed by atoms with E-state index >= 15 is 0 Å². The highest BCUT2D eigenvalue weighted by atomic mass is 35.5. The van der Waals surface area contributed by atoms with Gasteiger partial charge >= 0.3 is 5.97 Å². The summed E-state index contributed by atoms with van der Waals surface area (Å²) in [5.41, 5.74) is 4.25. The van der Waals surface area contributed by atoms with Gasteiger partial charge in [-0.3, -0.25) is 10.2 Å². The second kappa shape index (κ2) is 8.51. The summed E-state index contributed by atoms with van der Waals surface area (Å²) in [5.74, 6) is -0.418. The monoisotopic (exact) mass is 369 g/mol. The topological polar surface area (TPSA) is 104 Å². The normalized spacial score (nSPS) is 10.9. The minimum Gasteiger partial charge on any atom is -0.508 e. The van der Waals surface area contributed by atoms with Gasteiger partial charge in [0.25, 0.3) is 0 Å². The van der Waals surface area contributed by atoms with Crippen LogP contribution in [0.4, 0.5) is 5.13 Å². The van der Waals surface area contributed by atoms with E-state index < -0.39 is 0 Å². The standard InChI is InChI=1S/C15H16ClN3O4S/c1-2-23-14(22)4-10-8-24-15(18-10)19-17-7-12-9(6-16)3-11(20)5-13(12)21/h3,5,7-8,20-21H,2,4,6H2,1H3,(H,18,19). The number of alkyl halides is 1. The minimum absolute atomic E-state index is 0.0724. The second-order valence-corrected chi connectivity index (χ2v) is 5.79. The maximum absolute atomic E-state index is 11.4. The summed E-state index contributed by atoms with van der Waals surface area (Å²) < 4.78 is 4.86. The molecule has 1 aromatic carbocycles. The molecule has 0 fully saturated rings. The third-order valence-electron chi connectivity index (χ3n) is 2.91. The number of aromatic nitrogens is 1. The number of phenols is 2. The lowest BCUT2D eigenvalue weighted by atomic mass is 10.1. The number of anilines is 1. The van der Waals surface area contributed by atoms with Crippen LogP contribution in [0.5, 0.6) is 11.5 Å². The maximum atomic E-state index is 11.4. The first-order valence-corrected chi connectivity index (χ1v) is 8.44. The van der Waals surface area contributed by atoms with Gasteiger partial charge in [-0.05, 0) is 18.6 Å². The molecule has 0 spiro atoms. The Labute approximate surface area is 147 Å². The number of phenolic OH excluding ortho intramolecular Hbond substituents is 2. The molecule has 1 heterocycles. The smallest absolute Gasteiger partial charge is 0.311 e. The molecule has 0 saturated heterocycles. The van der Waals surface area contributed by atoms with Crippen LogP contribution in [0.15, 0.2) is 22.6 Å². The number of hydrazone groups is 1. The number of nitrogens with one attached hydrogen (secondary N) is 1. The van der Waals surface area contributed by atoms with Crippen molar-refractivity contribution in [2.24, 2.45) is 5.10 Å². The highest BCUT2D eigenvalue weighted by molar-refractivity contribution is 7.13. The average molecular weight is 370 g/mol. The summed E-state index contributed by atoms with van der Waals surface area (Å²) in [5, 5.41) is 25.5. The van der Waals surface area contributed by atoms with Crippen LogP contribution in [-0.4, -0.2) is 34.0 Å². The molecule has 2 aromatic rings. The molecule has 0 aliphatic rings. The fraction of sp³-hybridized carbons (Fsp3) is 0.267. The number of hydrogen-bond acceptors (Lipinski definition) is 8. The molecule has 2 rings (SSSR count). The third-order valence-corrected chi connectivity index (χ3v) is 3.99. The summed E-state index contributed by atoms with van der Waals surface area (Å²) in [4.78, 5) is 15.6. The Kier molecular flexibility index (Phi) is 6.39. The Morgan fingerprint density at radius 3 is 3.00 bits per heavy atom. The number of ether oxygens (including phenoxy) is 1. The number of nitrogens with zero attached hydrogens (tertiary/aromatic N) is 2. The fourth-order valence-electron chi connectivity index (χ4n) is 1.89. The lowest BCUT2D eigenvalue weighted by molar-refractivity contribution is -0.142. The quantitative estimate of drug-likeness (QED) is 0.300. The van der Waals surface area contributed by atoms with Crippen LogP contribution in [0.1, 0.15) is 23.7 Å². The molecule has 24 heavy (non-hydrogen) atoms. The minimum atomic E-state index is -0.335. The highest BCUT2D eigenvalue weighted by Gasteiger charge is 2.09. The van der Waals surface area contributed by atoms with Gasteiger partial charge in [0.05, 0.1) is 24.9 Å². The molecule has 9 heteroatoms. The van der Waals surface area contributed by atoms with Gasteiger partial charge in [0.1, 0.15) is 11.5 Å². The van der Waals surface area contributed by atoms with Crippen molar-refractivity contribution in [1.29, 1.82) is 0 Å². The Morgan fingerprint density at radius 2 is 2.29 bits per heavy atom. The van der Waals surface area contributed by atoms with Crippen LogP contribution in [-0.2, 0) is 21.8 Å². The highest BCUT2D eigenvalue weighted by Crippen LogP contribution is 2.27. The molecule has 0 radical (unpaired) electrons. The molecule has 128 valence electrons. The van der Waals surface area contributed by atoms with Crippen LogP contribution in [0.2, 0.25) is 0 Å². The zero-order chi connectivity index (χ0) is 17.5. The number of carbonyl (C=O) groups is 1. The lowest BCUT2D eigenvalue weighted by Crippen LogP contribution is -2.07. The van der Waals surface area contributed by atoms with Crippen molar-refractivity contribution in [2.45, 2.75) is 19.2 Å². The first-order valence-electron chi connectivity index (χ1n) is 7.03. The molecule has 0 aliphatic carbocycles. The molecule has 7 nitrogen and oxygen atoms in total. The van der Waals surface area contributed by atoms with E-state index in [1.807, 2.05) is 0 Å². The zero-order valence-electron chi connectivity index (χ0n) is 12.8.